The third-order valence-corrected chi connectivity index (χ3v) is 5.28. The summed E-state index contributed by atoms with van der Waals surface area (Å²) in [5, 5.41) is 10.8. The lowest BCUT2D eigenvalue weighted by Gasteiger charge is -2.39. The van der Waals surface area contributed by atoms with E-state index in [-0.39, 0.29) is 11.4 Å². The Balaban J connectivity index is 1.60. The number of nitrogens with zero attached hydrogens (tertiary/aromatic N) is 2. The van der Waals surface area contributed by atoms with Gasteiger partial charge >= 0.3 is 0 Å². The summed E-state index contributed by atoms with van der Waals surface area (Å²) in [6.45, 7) is 3.12. The van der Waals surface area contributed by atoms with Gasteiger partial charge in [0.15, 0.2) is 0 Å². The van der Waals surface area contributed by atoms with Gasteiger partial charge in [0.25, 0.3) is 5.69 Å². The van der Waals surface area contributed by atoms with Crippen molar-refractivity contribution in [2.24, 2.45) is 5.41 Å². The van der Waals surface area contributed by atoms with Crippen LogP contribution in [0.2, 0.25) is 0 Å². The van der Waals surface area contributed by atoms with Crippen LogP contribution in [0.25, 0.3) is 0 Å². The van der Waals surface area contributed by atoms with E-state index >= 15 is 0 Å². The van der Waals surface area contributed by atoms with Crippen LogP contribution in [-0.4, -0.2) is 22.9 Å². The fourth-order valence-corrected chi connectivity index (χ4v) is 3.94. The molecule has 1 aromatic rings. The number of hydrogen-bond donors (Lipinski definition) is 1. The van der Waals surface area contributed by atoms with Crippen LogP contribution in [-0.2, 0) is 6.54 Å². The quantitative estimate of drug-likeness (QED) is 0.526. The van der Waals surface area contributed by atoms with Crippen molar-refractivity contribution in [2.45, 2.75) is 45.1 Å². The molecule has 1 saturated heterocycles. The molecule has 1 heterocycles. The van der Waals surface area contributed by atoms with Crippen molar-refractivity contribution < 1.29 is 4.92 Å². The Hall–Kier alpha value is -1.62. The number of likely N-dealkylation sites (tertiary alicyclic amines) is 1. The lowest BCUT2D eigenvalue weighted by Crippen LogP contribution is -2.38. The summed E-state index contributed by atoms with van der Waals surface area (Å²) in [4.78, 5) is 12.8. The van der Waals surface area contributed by atoms with E-state index in [4.69, 9.17) is 5.73 Å². The number of nitrogen functional groups attached to an aromatic ring is 1. The number of nitro benzene ring substituents is 1. The molecular formula is C16H23N3O2. The molecule has 21 heavy (non-hydrogen) atoms. The highest BCUT2D eigenvalue weighted by Crippen LogP contribution is 2.46. The van der Waals surface area contributed by atoms with Gasteiger partial charge in [0.1, 0.15) is 5.69 Å². The molecule has 1 aliphatic heterocycles. The van der Waals surface area contributed by atoms with E-state index in [9.17, 15) is 10.1 Å². The summed E-state index contributed by atoms with van der Waals surface area (Å²) in [7, 11) is 0. The van der Waals surface area contributed by atoms with Crippen molar-refractivity contribution in [3.05, 3.63) is 33.9 Å². The molecule has 0 bridgehead atoms. The zero-order valence-corrected chi connectivity index (χ0v) is 12.4. The molecule has 5 nitrogen and oxygen atoms in total. The molecule has 0 amide bonds. The Kier molecular flexibility index (Phi) is 3.85. The molecule has 114 valence electrons. The van der Waals surface area contributed by atoms with Gasteiger partial charge in [-0.15, -0.1) is 0 Å². The third-order valence-electron chi connectivity index (χ3n) is 5.28. The molecular weight excluding hydrogens is 266 g/mol. The van der Waals surface area contributed by atoms with Crippen molar-refractivity contribution in [1.29, 1.82) is 0 Å². The third kappa shape index (κ3) is 3.02. The molecule has 0 aromatic heterocycles. The van der Waals surface area contributed by atoms with E-state index in [0.29, 0.717) is 5.41 Å². The zero-order valence-electron chi connectivity index (χ0n) is 12.4. The average molecular weight is 289 g/mol. The Morgan fingerprint density at radius 1 is 1.19 bits per heavy atom. The normalized spacial score (nSPS) is 21.7. The lowest BCUT2D eigenvalue weighted by molar-refractivity contribution is -0.383. The first-order valence-corrected chi connectivity index (χ1v) is 7.83. The van der Waals surface area contributed by atoms with E-state index in [1.807, 2.05) is 6.07 Å². The molecule has 2 aliphatic rings. The van der Waals surface area contributed by atoms with E-state index < -0.39 is 4.92 Å². The maximum absolute atomic E-state index is 10.8. The van der Waals surface area contributed by atoms with E-state index in [2.05, 4.69) is 4.90 Å². The zero-order chi connectivity index (χ0) is 14.9. The van der Waals surface area contributed by atoms with E-state index in [1.165, 1.54) is 44.6 Å². The predicted molar refractivity (Wildman–Crippen MR) is 82.9 cm³/mol. The van der Waals surface area contributed by atoms with Crippen LogP contribution in [0.1, 0.15) is 44.1 Å². The first-order valence-electron chi connectivity index (χ1n) is 7.83. The average Bonchev–Trinajstić information content (AvgIpc) is 2.90. The summed E-state index contributed by atoms with van der Waals surface area (Å²) >= 11 is 0. The number of anilines is 1. The molecule has 3 rings (SSSR count). The maximum Gasteiger partial charge on any atom is 0.292 e. The molecule has 1 aliphatic carbocycles. The van der Waals surface area contributed by atoms with Gasteiger partial charge in [0.05, 0.1) is 4.92 Å². The number of nitro groups is 1. The molecule has 0 unspecified atom stereocenters. The minimum Gasteiger partial charge on any atom is -0.393 e. The molecule has 0 radical (unpaired) electrons. The smallest absolute Gasteiger partial charge is 0.292 e. The SMILES string of the molecule is Nc1cc(CN2CCC3(CCCC3)CC2)ccc1[N+](=O)[O-]. The summed E-state index contributed by atoms with van der Waals surface area (Å²) in [5.74, 6) is 0. The minimum atomic E-state index is -0.427. The van der Waals surface area contributed by atoms with Gasteiger partial charge in [-0.25, -0.2) is 0 Å². The first kappa shape index (κ1) is 14.3. The summed E-state index contributed by atoms with van der Waals surface area (Å²) in [6, 6.07) is 5.10. The van der Waals surface area contributed by atoms with Crippen molar-refractivity contribution in [1.82, 2.24) is 4.90 Å². The topological polar surface area (TPSA) is 72.4 Å². The fraction of sp³-hybridized carbons (Fsp3) is 0.625. The predicted octanol–water partition coefficient (Wildman–Crippen LogP) is 3.33. The Morgan fingerprint density at radius 2 is 1.86 bits per heavy atom. The van der Waals surface area contributed by atoms with Crippen LogP contribution >= 0.6 is 0 Å². The molecule has 5 heteroatoms. The highest BCUT2D eigenvalue weighted by Gasteiger charge is 2.36. The van der Waals surface area contributed by atoms with Gasteiger partial charge in [0.2, 0.25) is 0 Å². The number of benzene rings is 1. The maximum atomic E-state index is 10.8. The summed E-state index contributed by atoms with van der Waals surface area (Å²) in [5.41, 5.74) is 7.73. The van der Waals surface area contributed by atoms with E-state index in [0.717, 1.165) is 25.2 Å². The van der Waals surface area contributed by atoms with Gasteiger partial charge in [-0.2, -0.15) is 0 Å². The van der Waals surface area contributed by atoms with Gasteiger partial charge < -0.3 is 5.73 Å². The second-order valence-electron chi connectivity index (χ2n) is 6.63. The van der Waals surface area contributed by atoms with Crippen molar-refractivity contribution >= 4 is 11.4 Å². The Morgan fingerprint density at radius 3 is 2.43 bits per heavy atom. The van der Waals surface area contributed by atoms with Gasteiger partial charge in [-0.3, -0.25) is 15.0 Å². The van der Waals surface area contributed by atoms with Crippen LogP contribution in [0, 0.1) is 15.5 Å². The van der Waals surface area contributed by atoms with Crippen LogP contribution in [0.15, 0.2) is 18.2 Å². The second kappa shape index (κ2) is 5.64. The van der Waals surface area contributed by atoms with Gasteiger partial charge in [-0.05, 0) is 55.8 Å². The number of nitrogens with two attached hydrogens (primary N) is 1. The summed E-state index contributed by atoms with van der Waals surface area (Å²) in [6.07, 6.45) is 8.22. The Labute approximate surface area is 125 Å². The molecule has 1 saturated carbocycles. The highest BCUT2D eigenvalue weighted by atomic mass is 16.6. The van der Waals surface area contributed by atoms with Crippen LogP contribution in [0.4, 0.5) is 11.4 Å². The van der Waals surface area contributed by atoms with Crippen LogP contribution in [0.5, 0.6) is 0 Å². The van der Waals surface area contributed by atoms with Crippen LogP contribution in [0.3, 0.4) is 0 Å². The Bertz CT molecular complexity index is 528. The number of hydrogen-bond acceptors (Lipinski definition) is 4. The largest absolute Gasteiger partial charge is 0.393 e. The molecule has 2 N–H and O–H groups in total. The highest BCUT2D eigenvalue weighted by molar-refractivity contribution is 5.59. The van der Waals surface area contributed by atoms with E-state index in [1.54, 1.807) is 6.07 Å². The lowest BCUT2D eigenvalue weighted by atomic mass is 9.77. The molecule has 0 atom stereocenters. The minimum absolute atomic E-state index is 0.00213. The number of piperidine rings is 1. The van der Waals surface area contributed by atoms with Crippen molar-refractivity contribution in [3.8, 4) is 0 Å². The van der Waals surface area contributed by atoms with Gasteiger partial charge in [0, 0.05) is 12.6 Å². The fourth-order valence-electron chi connectivity index (χ4n) is 3.94. The van der Waals surface area contributed by atoms with Crippen LogP contribution < -0.4 is 5.73 Å². The van der Waals surface area contributed by atoms with Crippen molar-refractivity contribution in [3.63, 3.8) is 0 Å². The molecule has 2 fully saturated rings. The summed E-state index contributed by atoms with van der Waals surface area (Å²) < 4.78 is 0. The monoisotopic (exact) mass is 289 g/mol. The van der Waals surface area contributed by atoms with Crippen molar-refractivity contribution in [2.75, 3.05) is 18.8 Å². The standard InChI is InChI=1S/C16H23N3O2/c17-14-11-13(3-4-15(14)19(20)21)12-18-9-7-16(8-10-18)5-1-2-6-16/h3-4,11H,1-2,5-10,12,17H2. The second-order valence-corrected chi connectivity index (χ2v) is 6.63. The number of rotatable bonds is 3. The van der Waals surface area contributed by atoms with Gasteiger partial charge in [-0.1, -0.05) is 18.9 Å². The first-order chi connectivity index (χ1) is 10.1. The molecule has 1 aromatic carbocycles. The molecule has 1 spiro atoms.